The second kappa shape index (κ2) is 26.4. The van der Waals surface area contributed by atoms with Gasteiger partial charge in [0.05, 0.1) is 24.8 Å². The Balaban J connectivity index is 1.37. The third kappa shape index (κ3) is 16.0. The first-order valence-electron chi connectivity index (χ1n) is 24.4. The number of hydrogen-bond acceptors (Lipinski definition) is 12. The fourth-order valence-corrected chi connectivity index (χ4v) is 9.55. The van der Waals surface area contributed by atoms with Crippen molar-refractivity contribution in [2.45, 2.75) is 126 Å². The number of carbonyl (C=O) groups is 8. The number of aliphatic carboxylic acids is 2. The molecule has 6 rings (SSSR count). The molecule has 1 saturated carbocycles. The van der Waals surface area contributed by atoms with E-state index in [1.165, 1.54) is 4.90 Å². The number of aliphatic imine (C=N–C) groups is 1. The van der Waals surface area contributed by atoms with Crippen molar-refractivity contribution in [3.05, 3.63) is 71.9 Å². The monoisotopic (exact) mass is 1000 g/mol. The van der Waals surface area contributed by atoms with E-state index in [4.69, 9.17) is 16.2 Å². The van der Waals surface area contributed by atoms with E-state index in [2.05, 4.69) is 41.9 Å². The number of nitrogens with zero attached hydrogens (tertiary/aromatic N) is 2. The Hall–Kier alpha value is -7.11. The van der Waals surface area contributed by atoms with Crippen LogP contribution in [0.4, 0.5) is 0 Å². The van der Waals surface area contributed by atoms with Crippen LogP contribution in [0.1, 0.15) is 75.3 Å². The van der Waals surface area contributed by atoms with Crippen LogP contribution in [-0.4, -0.2) is 160 Å². The van der Waals surface area contributed by atoms with E-state index in [0.29, 0.717) is 36.8 Å². The fourth-order valence-electron chi connectivity index (χ4n) is 9.55. The SMILES string of the molecule is NC(N)=NCCC[C@@H]1NC(=O)[C@H](Cc2c[nH]c3ccccc23)NC(=O)[C@@H](CC2CCC(O)CC2)NC(=O)[C@@H]2C[C@@H](OCC(=O)O)CN2C(=O)[C@@H](NC(=O)[C@H](Cc2ccccc2)NCC(=O)O)CCCNC1=O. The lowest BCUT2D eigenvalue weighted by atomic mass is 9.83. The molecule has 3 aliphatic rings. The van der Waals surface area contributed by atoms with Gasteiger partial charge < -0.3 is 68.0 Å². The van der Waals surface area contributed by atoms with Crippen molar-refractivity contribution in [3.8, 4) is 0 Å². The largest absolute Gasteiger partial charge is 0.480 e. The lowest BCUT2D eigenvalue weighted by molar-refractivity contribution is -0.145. The zero-order valence-electron chi connectivity index (χ0n) is 40.1. The van der Waals surface area contributed by atoms with Gasteiger partial charge in [-0.15, -0.1) is 0 Å². The van der Waals surface area contributed by atoms with Gasteiger partial charge in [0.15, 0.2) is 5.96 Å². The Morgan fingerprint density at radius 2 is 1.53 bits per heavy atom. The molecule has 2 aliphatic heterocycles. The van der Waals surface area contributed by atoms with Gasteiger partial charge in [0.1, 0.15) is 36.8 Å². The lowest BCUT2D eigenvalue weighted by Gasteiger charge is -2.33. The molecule has 0 bridgehead atoms. The molecule has 3 fully saturated rings. The minimum Gasteiger partial charge on any atom is -0.480 e. The predicted octanol–water partition coefficient (Wildman–Crippen LogP) is -1.09. The Kier molecular flexibility index (Phi) is 19.9. The number of ether oxygens (including phenoxy) is 1. The molecule has 0 radical (unpaired) electrons. The summed E-state index contributed by atoms with van der Waals surface area (Å²) < 4.78 is 5.63. The third-order valence-corrected chi connectivity index (χ3v) is 13.3. The van der Waals surface area contributed by atoms with Gasteiger partial charge in [-0.3, -0.25) is 43.9 Å². The Morgan fingerprint density at radius 3 is 2.25 bits per heavy atom. The van der Waals surface area contributed by atoms with E-state index in [1.807, 2.05) is 24.3 Å². The second-order valence-electron chi connectivity index (χ2n) is 18.7. The van der Waals surface area contributed by atoms with Crippen LogP contribution in [-0.2, 0) is 55.9 Å². The van der Waals surface area contributed by atoms with Gasteiger partial charge in [-0.25, -0.2) is 4.79 Å². The number of benzene rings is 2. The molecule has 72 heavy (non-hydrogen) atoms. The average Bonchev–Trinajstić information content (AvgIpc) is 3.98. The van der Waals surface area contributed by atoms with Crippen molar-refractivity contribution in [1.29, 1.82) is 0 Å². The van der Waals surface area contributed by atoms with Crippen molar-refractivity contribution >= 4 is 64.2 Å². The van der Waals surface area contributed by atoms with Crippen molar-refractivity contribution < 1.29 is 58.4 Å². The van der Waals surface area contributed by atoms with Crippen LogP contribution in [0.2, 0.25) is 0 Å². The highest BCUT2D eigenvalue weighted by atomic mass is 16.5. The van der Waals surface area contributed by atoms with E-state index in [9.17, 15) is 53.7 Å². The predicted molar refractivity (Wildman–Crippen MR) is 262 cm³/mol. The summed E-state index contributed by atoms with van der Waals surface area (Å²) in [5.41, 5.74) is 13.3. The first kappa shape index (κ1) is 54.2. The Morgan fingerprint density at radius 1 is 0.833 bits per heavy atom. The smallest absolute Gasteiger partial charge is 0.329 e. The molecular formula is C49H67N11O12. The van der Waals surface area contributed by atoms with Gasteiger partial charge in [0.2, 0.25) is 35.4 Å². The van der Waals surface area contributed by atoms with Gasteiger partial charge in [-0.05, 0) is 87.3 Å². The summed E-state index contributed by atoms with van der Waals surface area (Å²) in [4.78, 5) is 119. The number of guanidine groups is 1. The van der Waals surface area contributed by atoms with Crippen LogP contribution < -0.4 is 43.4 Å². The molecule has 390 valence electrons. The van der Waals surface area contributed by atoms with Crippen molar-refractivity contribution in [2.24, 2.45) is 22.4 Å². The van der Waals surface area contributed by atoms with Crippen molar-refractivity contribution in [2.75, 3.05) is 32.8 Å². The maximum absolute atomic E-state index is 14.9. The molecule has 1 aliphatic carbocycles. The molecule has 0 unspecified atom stereocenters. The van der Waals surface area contributed by atoms with Crippen LogP contribution in [0.25, 0.3) is 10.9 Å². The zero-order valence-corrected chi connectivity index (χ0v) is 40.1. The number of amides is 6. The third-order valence-electron chi connectivity index (χ3n) is 13.3. The summed E-state index contributed by atoms with van der Waals surface area (Å²) in [6.45, 7) is -1.54. The van der Waals surface area contributed by atoms with E-state index in [1.54, 1.807) is 36.5 Å². The highest BCUT2D eigenvalue weighted by Gasteiger charge is 2.44. The van der Waals surface area contributed by atoms with E-state index in [-0.39, 0.29) is 82.9 Å². The van der Waals surface area contributed by atoms with Gasteiger partial charge in [-0.1, -0.05) is 48.5 Å². The van der Waals surface area contributed by atoms with Gasteiger partial charge >= 0.3 is 11.9 Å². The Bertz CT molecular complexity index is 2410. The van der Waals surface area contributed by atoms with Gasteiger partial charge in [-0.2, -0.15) is 0 Å². The summed E-state index contributed by atoms with van der Waals surface area (Å²) in [6.07, 6.45) is 2.43. The number of nitrogens with one attached hydrogen (secondary N) is 7. The Labute approximate surface area is 416 Å². The maximum atomic E-state index is 14.9. The maximum Gasteiger partial charge on any atom is 0.329 e. The van der Waals surface area contributed by atoms with Crippen LogP contribution in [0.3, 0.4) is 0 Å². The lowest BCUT2D eigenvalue weighted by Crippen LogP contribution is -2.60. The number of H-pyrrole nitrogens is 1. The average molecular weight is 1000 g/mol. The molecule has 6 amide bonds. The molecular weight excluding hydrogens is 935 g/mol. The van der Waals surface area contributed by atoms with E-state index in [0.717, 1.165) is 10.9 Å². The molecule has 7 atom stereocenters. The topological polar surface area (TPSA) is 362 Å². The molecule has 23 heteroatoms. The van der Waals surface area contributed by atoms with E-state index >= 15 is 0 Å². The highest BCUT2D eigenvalue weighted by Crippen LogP contribution is 2.29. The van der Waals surface area contributed by atoms with Crippen LogP contribution >= 0.6 is 0 Å². The molecule has 2 aromatic carbocycles. The zero-order chi connectivity index (χ0) is 51.7. The first-order chi connectivity index (χ1) is 34.5. The number of aromatic nitrogens is 1. The first-order valence-corrected chi connectivity index (χ1v) is 24.4. The summed E-state index contributed by atoms with van der Waals surface area (Å²) in [5, 5.41) is 47.0. The standard InChI is InChI=1S/C49H67N11O12/c50-49(51)53-19-6-12-35-43(66)52-18-7-13-36(57-44(67)37(55-25-41(62)63)20-28-8-2-1-3-9-28)48(71)60-26-32(72-27-42(64)65)23-40(60)47(70)59-38(21-29-14-16-31(61)17-15-29)45(68)58-39(46(69)56-35)22-30-24-54-34-11-5-4-10-33(30)34/h1-5,8-11,24,29,31-32,35-40,54-55,61H,6-7,12-23,25-27H2,(H,52,66)(H,56,69)(H,57,67)(H,58,68)(H,59,70)(H,62,63)(H,64,65)(H4,50,51,53)/t29?,31?,32-,35+,36+,37+,38-,39+,40+/m1/s1. The highest BCUT2D eigenvalue weighted by molar-refractivity contribution is 5.97. The number of hydrogen-bond donors (Lipinski definition) is 12. The number of fused-ring (bicyclic) bond motifs is 2. The summed E-state index contributed by atoms with van der Waals surface area (Å²) in [7, 11) is 0. The molecule has 1 aromatic heterocycles. The van der Waals surface area contributed by atoms with Crippen molar-refractivity contribution in [1.82, 2.24) is 41.8 Å². The number of aliphatic hydroxyl groups excluding tert-OH is 1. The fraction of sp³-hybridized carbons (Fsp3) is 0.531. The number of para-hydroxylation sites is 1. The number of carbonyl (C=O) groups excluding carboxylic acids is 6. The number of carboxylic acid groups (broad SMARTS) is 2. The van der Waals surface area contributed by atoms with E-state index < -0.39 is 109 Å². The second-order valence-corrected chi connectivity index (χ2v) is 18.7. The molecule has 3 aromatic rings. The van der Waals surface area contributed by atoms with Crippen molar-refractivity contribution in [3.63, 3.8) is 0 Å². The molecule has 14 N–H and O–H groups in total. The summed E-state index contributed by atoms with van der Waals surface area (Å²) >= 11 is 0. The van der Waals surface area contributed by atoms with Gasteiger partial charge in [0.25, 0.3) is 0 Å². The number of aromatic amines is 1. The number of carboxylic acids is 2. The molecule has 0 spiro atoms. The van der Waals surface area contributed by atoms with Crippen LogP contribution in [0.5, 0.6) is 0 Å². The number of nitrogens with two attached hydrogens (primary N) is 2. The molecule has 23 nitrogen and oxygen atoms in total. The summed E-state index contributed by atoms with van der Waals surface area (Å²) in [5.74, 6) is -7.11. The molecule has 3 heterocycles. The number of rotatable bonds is 18. The van der Waals surface area contributed by atoms with Crippen LogP contribution in [0.15, 0.2) is 65.8 Å². The normalized spacial score (nSPS) is 25.1. The minimum absolute atomic E-state index is 0.0289. The minimum atomic E-state index is -1.38. The molecule has 2 saturated heterocycles. The van der Waals surface area contributed by atoms with Crippen LogP contribution in [0, 0.1) is 5.92 Å². The quantitative estimate of drug-likeness (QED) is 0.0409. The van der Waals surface area contributed by atoms with Gasteiger partial charge in [0, 0.05) is 49.6 Å². The number of aliphatic hydroxyl groups is 1. The summed E-state index contributed by atoms with van der Waals surface area (Å²) in [6, 6.07) is 8.59.